The lowest BCUT2D eigenvalue weighted by atomic mass is 10.3. The van der Waals surface area contributed by atoms with Gasteiger partial charge in [-0.05, 0) is 33.6 Å². The zero-order valence-electron chi connectivity index (χ0n) is 7.98. The molecule has 0 aliphatic rings. The monoisotopic (exact) mass is 321 g/mol. The molecule has 0 bridgehead atoms. The van der Waals surface area contributed by atoms with Crippen LogP contribution in [0.2, 0.25) is 4.34 Å². The van der Waals surface area contributed by atoms with Crippen LogP contribution in [0.15, 0.2) is 21.4 Å². The van der Waals surface area contributed by atoms with E-state index in [0.29, 0.717) is 9.21 Å². The van der Waals surface area contributed by atoms with Gasteiger partial charge < -0.3 is 4.74 Å². The van der Waals surface area contributed by atoms with Gasteiger partial charge in [-0.25, -0.2) is 4.79 Å². The molecule has 0 N–H and O–H groups in total. The Hall–Kier alpha value is -1.01. The molecule has 1 aromatic heterocycles. The molecule has 0 saturated carbocycles. The summed E-state index contributed by atoms with van der Waals surface area (Å²) in [6.07, 6.45) is 1.41. The molecule has 84 valence electrons. The number of carbonyl (C=O) groups is 1. The van der Waals surface area contributed by atoms with Gasteiger partial charge in [-0.15, -0.1) is 11.3 Å². The van der Waals surface area contributed by atoms with Gasteiger partial charge in [-0.2, -0.15) is 0 Å². The first-order valence-corrected chi connectivity index (χ1v) is 5.87. The van der Waals surface area contributed by atoms with Crippen LogP contribution in [0.1, 0.15) is 4.88 Å². The fourth-order valence-electron chi connectivity index (χ4n) is 0.851. The smallest absolute Gasteiger partial charge is 0.340 e. The quantitative estimate of drug-likeness (QED) is 0.277. The third-order valence-electron chi connectivity index (χ3n) is 1.49. The second-order valence-corrected chi connectivity index (χ2v) is 5.02. The number of hydrogen-bond donors (Lipinski definition) is 0. The maximum Gasteiger partial charge on any atom is 0.340 e. The summed E-state index contributed by atoms with van der Waals surface area (Å²) in [7, 11) is 1.21. The van der Waals surface area contributed by atoms with Crippen molar-refractivity contribution in [2.45, 2.75) is 0 Å². The molecule has 0 fully saturated rings. The SMILES string of the molecule is COC(=O)/C(=C/c1cc(Br)c(Cl)s1)N=[N+]=[N-]. The summed E-state index contributed by atoms with van der Waals surface area (Å²) in [6, 6.07) is 1.71. The minimum atomic E-state index is -0.696. The molecule has 0 aromatic carbocycles. The van der Waals surface area contributed by atoms with Gasteiger partial charge in [0.25, 0.3) is 0 Å². The Morgan fingerprint density at radius 3 is 2.94 bits per heavy atom. The highest BCUT2D eigenvalue weighted by atomic mass is 79.9. The molecule has 0 amide bonds. The number of methoxy groups -OCH3 is 1. The molecule has 0 aliphatic carbocycles. The molecule has 5 nitrogen and oxygen atoms in total. The minimum absolute atomic E-state index is 0.115. The van der Waals surface area contributed by atoms with Crippen molar-refractivity contribution in [3.05, 3.63) is 35.9 Å². The number of rotatable bonds is 3. The Labute approximate surface area is 108 Å². The number of halogens is 2. The highest BCUT2D eigenvalue weighted by Crippen LogP contribution is 2.33. The minimum Gasteiger partial charge on any atom is -0.466 e. The van der Waals surface area contributed by atoms with E-state index in [0.717, 1.165) is 4.47 Å². The highest BCUT2D eigenvalue weighted by Gasteiger charge is 2.09. The number of esters is 1. The summed E-state index contributed by atoms with van der Waals surface area (Å²) in [5.74, 6) is -0.696. The number of carbonyl (C=O) groups excluding carboxylic acids is 1. The van der Waals surface area contributed by atoms with Gasteiger partial charge in [-0.3, -0.25) is 0 Å². The lowest BCUT2D eigenvalue weighted by Crippen LogP contribution is -2.01. The Morgan fingerprint density at radius 1 is 1.81 bits per heavy atom. The van der Waals surface area contributed by atoms with Crippen LogP contribution in [0.25, 0.3) is 16.5 Å². The van der Waals surface area contributed by atoms with Crippen LogP contribution in [0, 0.1) is 0 Å². The van der Waals surface area contributed by atoms with Gasteiger partial charge >= 0.3 is 5.97 Å². The van der Waals surface area contributed by atoms with Crippen molar-refractivity contribution in [3.63, 3.8) is 0 Å². The van der Waals surface area contributed by atoms with Crippen molar-refractivity contribution in [1.82, 2.24) is 0 Å². The summed E-state index contributed by atoms with van der Waals surface area (Å²) in [5, 5.41) is 3.24. The maximum atomic E-state index is 11.2. The maximum absolute atomic E-state index is 11.2. The number of hydrogen-bond acceptors (Lipinski definition) is 4. The zero-order chi connectivity index (χ0) is 12.1. The summed E-state index contributed by atoms with van der Waals surface area (Å²) < 4.78 is 5.73. The third kappa shape index (κ3) is 3.24. The molecule has 0 aliphatic heterocycles. The molecule has 8 heteroatoms. The van der Waals surface area contributed by atoms with Crippen LogP contribution in [-0.4, -0.2) is 13.1 Å². The predicted molar refractivity (Wildman–Crippen MR) is 66.2 cm³/mol. The van der Waals surface area contributed by atoms with E-state index in [4.69, 9.17) is 17.1 Å². The van der Waals surface area contributed by atoms with Crippen LogP contribution < -0.4 is 0 Å². The first kappa shape index (κ1) is 13.1. The molecule has 0 unspecified atom stereocenters. The van der Waals surface area contributed by atoms with Gasteiger partial charge in [-0.1, -0.05) is 16.7 Å². The van der Waals surface area contributed by atoms with Gasteiger partial charge in [0.2, 0.25) is 0 Å². The van der Waals surface area contributed by atoms with E-state index in [1.54, 1.807) is 6.07 Å². The Balaban J connectivity index is 3.11. The fourth-order valence-corrected chi connectivity index (χ4v) is 2.52. The average Bonchev–Trinajstić information content (AvgIpc) is 2.56. The summed E-state index contributed by atoms with van der Waals surface area (Å²) >= 11 is 10.3. The average molecular weight is 323 g/mol. The fraction of sp³-hybridized carbons (Fsp3) is 0.125. The molecule has 0 spiro atoms. The Bertz CT molecular complexity index is 474. The van der Waals surface area contributed by atoms with Gasteiger partial charge in [0, 0.05) is 14.3 Å². The number of ether oxygens (including phenoxy) is 1. The predicted octanol–water partition coefficient (Wildman–Crippen LogP) is 3.99. The van der Waals surface area contributed by atoms with Crippen molar-refractivity contribution < 1.29 is 9.53 Å². The van der Waals surface area contributed by atoms with E-state index in [9.17, 15) is 4.79 Å². The number of nitrogens with zero attached hydrogens (tertiary/aromatic N) is 3. The first-order valence-electron chi connectivity index (χ1n) is 3.88. The summed E-state index contributed by atoms with van der Waals surface area (Å²) in [5.41, 5.74) is 8.18. The topological polar surface area (TPSA) is 75.1 Å². The summed E-state index contributed by atoms with van der Waals surface area (Å²) in [4.78, 5) is 14.4. The van der Waals surface area contributed by atoms with Gasteiger partial charge in [0.05, 0.1) is 7.11 Å². The van der Waals surface area contributed by atoms with E-state index in [1.165, 1.54) is 24.5 Å². The van der Waals surface area contributed by atoms with E-state index < -0.39 is 5.97 Å². The first-order chi connectivity index (χ1) is 7.58. The highest BCUT2D eigenvalue weighted by molar-refractivity contribution is 9.10. The molecule has 1 rings (SSSR count). The second kappa shape index (κ2) is 5.91. The molecule has 1 aromatic rings. The third-order valence-corrected chi connectivity index (χ3v) is 3.91. The van der Waals surface area contributed by atoms with Crippen molar-refractivity contribution in [3.8, 4) is 0 Å². The van der Waals surface area contributed by atoms with Crippen LogP contribution in [0.4, 0.5) is 0 Å². The van der Waals surface area contributed by atoms with Crippen LogP contribution in [0.3, 0.4) is 0 Å². The standard InChI is InChI=1S/C8H5BrClN3O2S/c1-15-8(14)6(12-13-11)3-4-2-5(9)7(10)16-4/h2-3H,1H3/b6-3-. The molecule has 1 heterocycles. The van der Waals surface area contributed by atoms with E-state index >= 15 is 0 Å². The normalized spacial score (nSPS) is 10.8. The number of thiophene rings is 1. The van der Waals surface area contributed by atoms with Crippen molar-refractivity contribution in [2.24, 2.45) is 5.11 Å². The molecule has 16 heavy (non-hydrogen) atoms. The number of azide groups is 1. The van der Waals surface area contributed by atoms with E-state index in [2.05, 4.69) is 30.7 Å². The van der Waals surface area contributed by atoms with Crippen molar-refractivity contribution in [1.29, 1.82) is 0 Å². The molecular formula is C8H5BrClN3O2S. The molecule has 0 radical (unpaired) electrons. The van der Waals surface area contributed by atoms with E-state index in [-0.39, 0.29) is 5.70 Å². The zero-order valence-corrected chi connectivity index (χ0v) is 11.1. The molecule has 0 saturated heterocycles. The van der Waals surface area contributed by atoms with Crippen LogP contribution >= 0.6 is 38.9 Å². The second-order valence-electron chi connectivity index (χ2n) is 2.48. The Morgan fingerprint density at radius 2 is 2.50 bits per heavy atom. The molecule has 0 atom stereocenters. The van der Waals surface area contributed by atoms with Gasteiger partial charge in [0.15, 0.2) is 0 Å². The van der Waals surface area contributed by atoms with Crippen molar-refractivity contribution in [2.75, 3.05) is 7.11 Å². The molecular weight excluding hydrogens is 318 g/mol. The van der Waals surface area contributed by atoms with Gasteiger partial charge in [0.1, 0.15) is 10.0 Å². The summed E-state index contributed by atoms with van der Waals surface area (Å²) in [6.45, 7) is 0. The van der Waals surface area contributed by atoms with Crippen LogP contribution in [-0.2, 0) is 9.53 Å². The van der Waals surface area contributed by atoms with Crippen LogP contribution in [0.5, 0.6) is 0 Å². The Kier molecular flexibility index (Phi) is 4.82. The lowest BCUT2D eigenvalue weighted by molar-refractivity contribution is -0.136. The largest absolute Gasteiger partial charge is 0.466 e. The van der Waals surface area contributed by atoms with E-state index in [1.807, 2.05) is 0 Å². The lowest BCUT2D eigenvalue weighted by Gasteiger charge is -1.96. The van der Waals surface area contributed by atoms with Crippen molar-refractivity contribution >= 4 is 50.9 Å².